The number of hydrogen-bond donors (Lipinski definition) is 2. The average Bonchev–Trinajstić information content (AvgIpc) is 2.78. The molecule has 90 valence electrons. The highest BCUT2D eigenvalue weighted by atomic mass is 16.5. The van der Waals surface area contributed by atoms with E-state index in [9.17, 15) is 4.79 Å². The summed E-state index contributed by atoms with van der Waals surface area (Å²) in [6, 6.07) is 9.47. The molecule has 0 fully saturated rings. The van der Waals surface area contributed by atoms with Gasteiger partial charge < -0.3 is 14.8 Å². The van der Waals surface area contributed by atoms with Gasteiger partial charge in [0.2, 0.25) is 0 Å². The van der Waals surface area contributed by atoms with Gasteiger partial charge in [-0.3, -0.25) is 0 Å². The summed E-state index contributed by atoms with van der Waals surface area (Å²) in [6.45, 7) is 0.471. The molecule has 17 heavy (non-hydrogen) atoms. The SMILES string of the molecule is O=C(OCCCCO)c1cc2ccccc2[nH]1. The first-order valence-corrected chi connectivity index (χ1v) is 5.67. The molecule has 0 saturated heterocycles. The third-order valence-electron chi connectivity index (χ3n) is 2.54. The quantitative estimate of drug-likeness (QED) is 0.614. The van der Waals surface area contributed by atoms with Crippen molar-refractivity contribution in [2.24, 2.45) is 0 Å². The van der Waals surface area contributed by atoms with Crippen LogP contribution in [0.15, 0.2) is 30.3 Å². The Hall–Kier alpha value is -1.81. The van der Waals surface area contributed by atoms with Gasteiger partial charge in [-0.25, -0.2) is 4.79 Å². The summed E-state index contributed by atoms with van der Waals surface area (Å²) in [4.78, 5) is 14.7. The molecule has 0 aliphatic rings. The number of unbranched alkanes of at least 4 members (excludes halogenated alkanes) is 1. The van der Waals surface area contributed by atoms with E-state index in [4.69, 9.17) is 9.84 Å². The molecule has 0 bridgehead atoms. The fourth-order valence-corrected chi connectivity index (χ4v) is 1.64. The summed E-state index contributed by atoms with van der Waals surface area (Å²) in [7, 11) is 0. The number of carbonyl (C=O) groups excluding carboxylic acids is 1. The summed E-state index contributed by atoms with van der Waals surface area (Å²) in [5, 5.41) is 9.59. The maximum absolute atomic E-state index is 11.7. The van der Waals surface area contributed by atoms with E-state index in [2.05, 4.69) is 4.98 Å². The second-order valence-corrected chi connectivity index (χ2v) is 3.84. The van der Waals surface area contributed by atoms with Crippen molar-refractivity contribution in [3.05, 3.63) is 36.0 Å². The maximum Gasteiger partial charge on any atom is 0.354 e. The molecule has 0 aliphatic carbocycles. The van der Waals surface area contributed by atoms with Gasteiger partial charge >= 0.3 is 5.97 Å². The highest BCUT2D eigenvalue weighted by molar-refractivity contribution is 5.94. The number of aliphatic hydroxyl groups excluding tert-OH is 1. The molecule has 1 heterocycles. The van der Waals surface area contributed by atoms with E-state index in [0.717, 1.165) is 10.9 Å². The van der Waals surface area contributed by atoms with E-state index in [-0.39, 0.29) is 12.6 Å². The van der Waals surface area contributed by atoms with Crippen LogP contribution in [0, 0.1) is 0 Å². The van der Waals surface area contributed by atoms with Crippen LogP contribution in [0.5, 0.6) is 0 Å². The topological polar surface area (TPSA) is 62.3 Å². The monoisotopic (exact) mass is 233 g/mol. The molecular formula is C13H15NO3. The molecule has 2 N–H and O–H groups in total. The molecule has 4 heteroatoms. The Morgan fingerprint density at radius 2 is 2.12 bits per heavy atom. The van der Waals surface area contributed by atoms with Crippen molar-refractivity contribution in [1.82, 2.24) is 4.98 Å². The molecule has 1 aromatic carbocycles. The van der Waals surface area contributed by atoms with Gasteiger partial charge in [0.25, 0.3) is 0 Å². The summed E-state index contributed by atoms with van der Waals surface area (Å²) in [5.74, 6) is -0.348. The molecule has 4 nitrogen and oxygen atoms in total. The lowest BCUT2D eigenvalue weighted by Gasteiger charge is -2.01. The van der Waals surface area contributed by atoms with E-state index in [0.29, 0.717) is 25.1 Å². The van der Waals surface area contributed by atoms with Crippen LogP contribution in [0.3, 0.4) is 0 Å². The molecule has 2 aromatic rings. The summed E-state index contributed by atoms with van der Waals surface area (Å²) in [5.41, 5.74) is 1.39. The van der Waals surface area contributed by atoms with Crippen LogP contribution in [0.1, 0.15) is 23.3 Å². The van der Waals surface area contributed by atoms with Gasteiger partial charge in [0.1, 0.15) is 5.69 Å². The van der Waals surface area contributed by atoms with Crippen LogP contribution in [0.2, 0.25) is 0 Å². The van der Waals surface area contributed by atoms with Crippen LogP contribution < -0.4 is 0 Å². The third-order valence-corrected chi connectivity index (χ3v) is 2.54. The number of aromatic nitrogens is 1. The molecular weight excluding hydrogens is 218 g/mol. The molecule has 0 unspecified atom stereocenters. The van der Waals surface area contributed by atoms with Gasteiger partial charge in [0.15, 0.2) is 0 Å². The normalized spacial score (nSPS) is 10.6. The Bertz CT molecular complexity index is 471. The first kappa shape index (κ1) is 11.7. The number of aliphatic hydroxyl groups is 1. The van der Waals surface area contributed by atoms with E-state index in [1.165, 1.54) is 0 Å². The number of H-pyrrole nitrogens is 1. The lowest BCUT2D eigenvalue weighted by Crippen LogP contribution is -2.07. The minimum atomic E-state index is -0.348. The second-order valence-electron chi connectivity index (χ2n) is 3.84. The Morgan fingerprint density at radius 1 is 1.29 bits per heavy atom. The lowest BCUT2D eigenvalue weighted by molar-refractivity contribution is 0.0487. The largest absolute Gasteiger partial charge is 0.461 e. The molecule has 0 spiro atoms. The highest BCUT2D eigenvalue weighted by Crippen LogP contribution is 2.15. The number of aromatic amines is 1. The van der Waals surface area contributed by atoms with Crippen molar-refractivity contribution in [3.8, 4) is 0 Å². The van der Waals surface area contributed by atoms with E-state index in [1.807, 2.05) is 24.3 Å². The van der Waals surface area contributed by atoms with Crippen LogP contribution in [0.4, 0.5) is 0 Å². The Labute approximate surface area is 99.2 Å². The number of benzene rings is 1. The predicted octanol–water partition coefficient (Wildman–Crippen LogP) is 2.10. The summed E-state index contributed by atoms with van der Waals surface area (Å²) < 4.78 is 5.08. The first-order chi connectivity index (χ1) is 8.31. The molecule has 0 amide bonds. The Kier molecular flexibility index (Phi) is 3.77. The van der Waals surface area contributed by atoms with Gasteiger partial charge in [-0.1, -0.05) is 18.2 Å². The number of nitrogens with one attached hydrogen (secondary N) is 1. The zero-order chi connectivity index (χ0) is 12.1. The lowest BCUT2D eigenvalue weighted by atomic mass is 10.2. The number of rotatable bonds is 5. The van der Waals surface area contributed by atoms with E-state index >= 15 is 0 Å². The van der Waals surface area contributed by atoms with Gasteiger partial charge in [-0.05, 0) is 25.0 Å². The van der Waals surface area contributed by atoms with Crippen molar-refractivity contribution in [1.29, 1.82) is 0 Å². The van der Waals surface area contributed by atoms with Gasteiger partial charge in [-0.15, -0.1) is 0 Å². The third kappa shape index (κ3) is 2.85. The molecule has 1 aromatic heterocycles. The maximum atomic E-state index is 11.7. The smallest absolute Gasteiger partial charge is 0.354 e. The summed E-state index contributed by atoms with van der Waals surface area (Å²) >= 11 is 0. The molecule has 0 radical (unpaired) electrons. The Morgan fingerprint density at radius 3 is 2.88 bits per heavy atom. The van der Waals surface area contributed by atoms with E-state index in [1.54, 1.807) is 6.07 Å². The van der Waals surface area contributed by atoms with Crippen molar-refractivity contribution >= 4 is 16.9 Å². The standard InChI is InChI=1S/C13H15NO3/c15-7-3-4-8-17-13(16)12-9-10-5-1-2-6-11(10)14-12/h1-2,5-6,9,14-15H,3-4,7-8H2. The van der Waals surface area contributed by atoms with Crippen molar-refractivity contribution < 1.29 is 14.6 Å². The number of esters is 1. The van der Waals surface area contributed by atoms with Crippen molar-refractivity contribution in [2.45, 2.75) is 12.8 Å². The zero-order valence-corrected chi connectivity index (χ0v) is 9.48. The van der Waals surface area contributed by atoms with Crippen LogP contribution in [-0.4, -0.2) is 29.3 Å². The molecule has 0 saturated carbocycles. The fourth-order valence-electron chi connectivity index (χ4n) is 1.64. The number of hydrogen-bond acceptors (Lipinski definition) is 3. The van der Waals surface area contributed by atoms with Gasteiger partial charge in [-0.2, -0.15) is 0 Å². The minimum Gasteiger partial charge on any atom is -0.461 e. The van der Waals surface area contributed by atoms with Gasteiger partial charge in [0.05, 0.1) is 6.61 Å². The predicted molar refractivity (Wildman–Crippen MR) is 64.9 cm³/mol. The van der Waals surface area contributed by atoms with Crippen LogP contribution in [0.25, 0.3) is 10.9 Å². The zero-order valence-electron chi connectivity index (χ0n) is 9.48. The average molecular weight is 233 g/mol. The van der Waals surface area contributed by atoms with Crippen molar-refractivity contribution in [3.63, 3.8) is 0 Å². The number of ether oxygens (including phenoxy) is 1. The van der Waals surface area contributed by atoms with Crippen LogP contribution >= 0.6 is 0 Å². The number of carbonyl (C=O) groups is 1. The minimum absolute atomic E-state index is 0.129. The van der Waals surface area contributed by atoms with E-state index < -0.39 is 0 Å². The molecule has 0 atom stereocenters. The summed E-state index contributed by atoms with van der Waals surface area (Å²) in [6.07, 6.45) is 1.34. The fraction of sp³-hybridized carbons (Fsp3) is 0.308. The molecule has 2 rings (SSSR count). The molecule has 0 aliphatic heterocycles. The van der Waals surface area contributed by atoms with Gasteiger partial charge in [0, 0.05) is 17.5 Å². The second kappa shape index (κ2) is 5.50. The Balaban J connectivity index is 1.99. The highest BCUT2D eigenvalue weighted by Gasteiger charge is 2.09. The number of para-hydroxylation sites is 1. The van der Waals surface area contributed by atoms with Crippen LogP contribution in [-0.2, 0) is 4.74 Å². The number of fused-ring (bicyclic) bond motifs is 1. The van der Waals surface area contributed by atoms with Crippen molar-refractivity contribution in [2.75, 3.05) is 13.2 Å². The first-order valence-electron chi connectivity index (χ1n) is 5.67.